The molecule has 1 saturated heterocycles. The van der Waals surface area contributed by atoms with Crippen LogP contribution in [0.25, 0.3) is 0 Å². The molecule has 4 heterocycles. The number of morpholine rings is 1. The summed E-state index contributed by atoms with van der Waals surface area (Å²) in [5.41, 5.74) is 0. The highest BCUT2D eigenvalue weighted by Crippen LogP contribution is 2.29. The average Bonchev–Trinajstić information content (AvgIpc) is 2.81. The lowest BCUT2D eigenvalue weighted by atomic mass is 10.4. The molecule has 0 bridgehead atoms. The molecule has 13 heteroatoms. The van der Waals surface area contributed by atoms with Gasteiger partial charge in [-0.25, -0.2) is 29.9 Å². The fraction of sp³-hybridized carbons (Fsp3) is 0.316. The van der Waals surface area contributed by atoms with E-state index in [1.54, 1.807) is 36.9 Å². The minimum atomic E-state index is 0.383. The highest BCUT2D eigenvalue weighted by Gasteiger charge is 2.12. The molecular weight excluding hydrogens is 466 g/mol. The lowest BCUT2D eigenvalue weighted by Crippen LogP contribution is -2.42. The summed E-state index contributed by atoms with van der Waals surface area (Å²) >= 11 is 8.12. The van der Waals surface area contributed by atoms with E-state index < -0.39 is 0 Å². The molecule has 3 aromatic rings. The summed E-state index contributed by atoms with van der Waals surface area (Å²) < 4.78 is 5.38. The second-order valence-corrected chi connectivity index (χ2v) is 8.85. The van der Waals surface area contributed by atoms with Gasteiger partial charge in [-0.2, -0.15) is 0 Å². The highest BCUT2D eigenvalue weighted by molar-refractivity contribution is 7.99. The first-order valence-electron chi connectivity index (χ1n) is 9.88. The minimum Gasteiger partial charge on any atom is -0.379 e. The normalized spacial score (nSPS) is 14.1. The van der Waals surface area contributed by atoms with Crippen LogP contribution in [-0.4, -0.2) is 79.3 Å². The summed E-state index contributed by atoms with van der Waals surface area (Å²) in [6.45, 7) is 5.04. The second-order valence-electron chi connectivity index (χ2n) is 6.47. The lowest BCUT2D eigenvalue weighted by Gasteiger charge is -2.26. The third-order valence-corrected chi connectivity index (χ3v) is 6.07. The molecular formula is C19H21N9OS3. The largest absolute Gasteiger partial charge is 0.379 e. The molecule has 32 heavy (non-hydrogen) atoms. The Hall–Kier alpha value is -2.45. The van der Waals surface area contributed by atoms with E-state index in [0.29, 0.717) is 31.4 Å². The van der Waals surface area contributed by atoms with Gasteiger partial charge in [-0.1, -0.05) is 0 Å². The molecule has 0 unspecified atom stereocenters. The van der Waals surface area contributed by atoms with Gasteiger partial charge in [0.2, 0.25) is 5.95 Å². The van der Waals surface area contributed by atoms with Crippen LogP contribution >= 0.6 is 35.7 Å². The number of thiocarbonyl (C=S) groups is 1. The van der Waals surface area contributed by atoms with E-state index in [1.807, 2.05) is 6.07 Å². The molecule has 166 valence electrons. The number of rotatable bonds is 8. The van der Waals surface area contributed by atoms with Crippen LogP contribution in [0.15, 0.2) is 63.4 Å². The first-order valence-corrected chi connectivity index (χ1v) is 11.9. The number of ether oxygens (including phenoxy) is 1. The molecule has 0 aromatic carbocycles. The van der Waals surface area contributed by atoms with Crippen molar-refractivity contribution in [3.05, 3.63) is 43.0 Å². The standard InChI is InChI=1S/C19H21N9OS3/c30-17(20-7-8-28-9-11-29-12-10-28)27-16-25-14(31-18-21-3-1-4-22-18)13-15(26-16)32-19-23-5-2-6-24-19/h1-6,13H,7-12H2,(H2,20,25,26,27,30). The van der Waals surface area contributed by atoms with Crippen LogP contribution in [0.4, 0.5) is 5.95 Å². The zero-order valence-electron chi connectivity index (χ0n) is 17.0. The van der Waals surface area contributed by atoms with Crippen molar-refractivity contribution < 1.29 is 4.74 Å². The van der Waals surface area contributed by atoms with Crippen molar-refractivity contribution in [1.82, 2.24) is 40.1 Å². The van der Waals surface area contributed by atoms with E-state index in [2.05, 4.69) is 45.4 Å². The van der Waals surface area contributed by atoms with E-state index in [4.69, 9.17) is 17.0 Å². The van der Waals surface area contributed by atoms with E-state index in [-0.39, 0.29) is 0 Å². The van der Waals surface area contributed by atoms with Crippen LogP contribution in [0.5, 0.6) is 0 Å². The number of hydrogen-bond donors (Lipinski definition) is 2. The third-order valence-electron chi connectivity index (χ3n) is 4.20. The van der Waals surface area contributed by atoms with Gasteiger partial charge < -0.3 is 15.4 Å². The van der Waals surface area contributed by atoms with E-state index in [1.165, 1.54) is 23.5 Å². The van der Waals surface area contributed by atoms with Crippen molar-refractivity contribution >= 4 is 46.8 Å². The Balaban J connectivity index is 1.42. The predicted molar refractivity (Wildman–Crippen MR) is 126 cm³/mol. The van der Waals surface area contributed by atoms with Gasteiger partial charge in [-0.15, -0.1) is 0 Å². The van der Waals surface area contributed by atoms with Gasteiger partial charge in [-0.05, 0) is 47.9 Å². The number of anilines is 1. The van der Waals surface area contributed by atoms with Crippen molar-refractivity contribution in [2.75, 3.05) is 44.7 Å². The first kappa shape index (κ1) is 22.7. The maximum Gasteiger partial charge on any atom is 0.231 e. The van der Waals surface area contributed by atoms with Gasteiger partial charge in [0.25, 0.3) is 0 Å². The molecule has 0 radical (unpaired) electrons. The minimum absolute atomic E-state index is 0.383. The summed E-state index contributed by atoms with van der Waals surface area (Å²) in [6, 6.07) is 5.39. The predicted octanol–water partition coefficient (Wildman–Crippen LogP) is 1.98. The molecule has 1 aliphatic rings. The van der Waals surface area contributed by atoms with Crippen molar-refractivity contribution in [2.24, 2.45) is 0 Å². The Labute approximate surface area is 199 Å². The van der Waals surface area contributed by atoms with Crippen molar-refractivity contribution in [3.63, 3.8) is 0 Å². The monoisotopic (exact) mass is 487 g/mol. The molecule has 4 rings (SSSR count). The van der Waals surface area contributed by atoms with Crippen LogP contribution in [0.1, 0.15) is 0 Å². The topological polar surface area (TPSA) is 114 Å². The third kappa shape index (κ3) is 7.31. The van der Waals surface area contributed by atoms with Crippen LogP contribution < -0.4 is 10.6 Å². The maximum absolute atomic E-state index is 5.44. The molecule has 0 amide bonds. The average molecular weight is 488 g/mol. The fourth-order valence-corrected chi connectivity index (χ4v) is 4.43. The summed E-state index contributed by atoms with van der Waals surface area (Å²) in [5, 5.41) is 9.30. The number of nitrogens with zero attached hydrogens (tertiary/aromatic N) is 7. The summed E-state index contributed by atoms with van der Waals surface area (Å²) in [5.74, 6) is 0.383. The zero-order chi connectivity index (χ0) is 22.0. The van der Waals surface area contributed by atoms with Crippen LogP contribution in [0.3, 0.4) is 0 Å². The smallest absolute Gasteiger partial charge is 0.231 e. The highest BCUT2D eigenvalue weighted by atomic mass is 32.2. The lowest BCUT2D eigenvalue weighted by molar-refractivity contribution is 0.0389. The fourth-order valence-electron chi connectivity index (χ4n) is 2.73. The van der Waals surface area contributed by atoms with Gasteiger partial charge in [0.1, 0.15) is 10.1 Å². The number of aromatic nitrogens is 6. The molecule has 1 fully saturated rings. The zero-order valence-corrected chi connectivity index (χ0v) is 19.5. The van der Waals surface area contributed by atoms with Gasteiger partial charge in [0.15, 0.2) is 15.4 Å². The van der Waals surface area contributed by atoms with Gasteiger partial charge in [-0.3, -0.25) is 4.90 Å². The Morgan fingerprint density at radius 3 is 2.06 bits per heavy atom. The van der Waals surface area contributed by atoms with Crippen molar-refractivity contribution in [3.8, 4) is 0 Å². The molecule has 1 aliphatic heterocycles. The molecule has 0 spiro atoms. The van der Waals surface area contributed by atoms with E-state index in [9.17, 15) is 0 Å². The molecule has 10 nitrogen and oxygen atoms in total. The van der Waals surface area contributed by atoms with Crippen LogP contribution in [-0.2, 0) is 4.74 Å². The number of hydrogen-bond acceptors (Lipinski definition) is 11. The van der Waals surface area contributed by atoms with E-state index in [0.717, 1.165) is 39.4 Å². The summed E-state index contributed by atoms with van der Waals surface area (Å²) in [4.78, 5) is 28.5. The van der Waals surface area contributed by atoms with Gasteiger partial charge in [0.05, 0.1) is 13.2 Å². The van der Waals surface area contributed by atoms with Gasteiger partial charge >= 0.3 is 0 Å². The Kier molecular flexibility index (Phi) is 8.50. The first-order chi connectivity index (χ1) is 15.7. The summed E-state index contributed by atoms with van der Waals surface area (Å²) in [7, 11) is 0. The van der Waals surface area contributed by atoms with Crippen molar-refractivity contribution in [2.45, 2.75) is 20.4 Å². The number of nitrogens with one attached hydrogen (secondary N) is 2. The second kappa shape index (κ2) is 12.0. The van der Waals surface area contributed by atoms with Gasteiger partial charge in [0, 0.05) is 57.0 Å². The molecule has 2 N–H and O–H groups in total. The molecule has 0 aliphatic carbocycles. The quantitative estimate of drug-likeness (QED) is 0.274. The Morgan fingerprint density at radius 1 is 0.938 bits per heavy atom. The van der Waals surface area contributed by atoms with Crippen LogP contribution in [0, 0.1) is 0 Å². The SMILES string of the molecule is S=C(NCCN1CCOCC1)Nc1nc(Sc2ncccn2)cc(Sc2ncccn2)n1. The maximum atomic E-state index is 5.44. The van der Waals surface area contributed by atoms with Crippen LogP contribution in [0.2, 0.25) is 0 Å². The van der Waals surface area contributed by atoms with Crippen molar-refractivity contribution in [1.29, 1.82) is 0 Å². The summed E-state index contributed by atoms with van der Waals surface area (Å²) in [6.07, 6.45) is 6.76. The molecule has 0 saturated carbocycles. The molecule has 0 atom stereocenters. The molecule has 3 aromatic heterocycles. The Bertz CT molecular complexity index is 948. The Morgan fingerprint density at radius 2 is 1.50 bits per heavy atom. The van der Waals surface area contributed by atoms with E-state index >= 15 is 0 Å².